The van der Waals surface area contributed by atoms with Crippen molar-refractivity contribution in [3.8, 4) is 5.75 Å². The standard InChI is InChI=1S/C14H11FO5/c1-8-4-10(20-13(8)14(17)18)7-19-12-3-2-9(6-16)5-11(12)15/h2-6H,7H2,1H3,(H,17,18). The first-order chi connectivity index (χ1) is 9.51. The Hall–Kier alpha value is -2.63. The van der Waals surface area contributed by atoms with Gasteiger partial charge in [0.2, 0.25) is 5.76 Å². The summed E-state index contributed by atoms with van der Waals surface area (Å²) in [5, 5.41) is 8.84. The van der Waals surface area contributed by atoms with Crippen molar-refractivity contribution < 1.29 is 28.2 Å². The van der Waals surface area contributed by atoms with Gasteiger partial charge < -0.3 is 14.3 Å². The molecule has 0 aliphatic carbocycles. The molecule has 1 aromatic carbocycles. The monoisotopic (exact) mass is 278 g/mol. The zero-order valence-corrected chi connectivity index (χ0v) is 10.6. The minimum Gasteiger partial charge on any atom is -0.483 e. The lowest BCUT2D eigenvalue weighted by atomic mass is 10.2. The average molecular weight is 278 g/mol. The normalized spacial score (nSPS) is 10.3. The molecule has 0 atom stereocenters. The Labute approximate surface area is 113 Å². The van der Waals surface area contributed by atoms with Gasteiger partial charge in [0.25, 0.3) is 0 Å². The van der Waals surface area contributed by atoms with Crippen LogP contribution in [0, 0.1) is 12.7 Å². The third-order valence-electron chi connectivity index (χ3n) is 2.62. The molecule has 0 saturated heterocycles. The van der Waals surface area contributed by atoms with E-state index in [-0.39, 0.29) is 29.4 Å². The average Bonchev–Trinajstić information content (AvgIpc) is 2.78. The third-order valence-corrected chi connectivity index (χ3v) is 2.62. The smallest absolute Gasteiger partial charge is 0.372 e. The summed E-state index contributed by atoms with van der Waals surface area (Å²) in [6, 6.07) is 5.31. The molecule has 5 nitrogen and oxygen atoms in total. The fourth-order valence-corrected chi connectivity index (χ4v) is 1.69. The maximum Gasteiger partial charge on any atom is 0.372 e. The van der Waals surface area contributed by atoms with Crippen LogP contribution >= 0.6 is 0 Å². The quantitative estimate of drug-likeness (QED) is 0.851. The zero-order valence-electron chi connectivity index (χ0n) is 10.6. The van der Waals surface area contributed by atoms with Gasteiger partial charge in [0, 0.05) is 11.1 Å². The molecule has 0 saturated carbocycles. The van der Waals surface area contributed by atoms with Crippen molar-refractivity contribution in [2.24, 2.45) is 0 Å². The molecule has 2 aromatic rings. The van der Waals surface area contributed by atoms with E-state index in [1.54, 1.807) is 6.92 Å². The maximum atomic E-state index is 13.5. The van der Waals surface area contributed by atoms with Gasteiger partial charge in [-0.3, -0.25) is 4.79 Å². The summed E-state index contributed by atoms with van der Waals surface area (Å²) in [5.41, 5.74) is 0.671. The van der Waals surface area contributed by atoms with Crippen LogP contribution in [0.25, 0.3) is 0 Å². The Bertz CT molecular complexity index is 660. The SMILES string of the molecule is Cc1cc(COc2ccc(C=O)cc2F)oc1C(=O)O. The molecule has 6 heteroatoms. The number of furan rings is 1. The van der Waals surface area contributed by atoms with Gasteiger partial charge >= 0.3 is 5.97 Å². The van der Waals surface area contributed by atoms with E-state index in [0.29, 0.717) is 11.8 Å². The molecule has 2 rings (SSSR count). The lowest BCUT2D eigenvalue weighted by molar-refractivity contribution is 0.0657. The number of hydrogen-bond acceptors (Lipinski definition) is 4. The highest BCUT2D eigenvalue weighted by Gasteiger charge is 2.15. The van der Waals surface area contributed by atoms with Crippen molar-refractivity contribution >= 4 is 12.3 Å². The summed E-state index contributed by atoms with van der Waals surface area (Å²) in [5.74, 6) is -1.77. The number of aryl methyl sites for hydroxylation is 1. The number of hydrogen-bond donors (Lipinski definition) is 1. The second-order valence-corrected chi connectivity index (χ2v) is 4.13. The van der Waals surface area contributed by atoms with Gasteiger partial charge in [-0.2, -0.15) is 0 Å². The van der Waals surface area contributed by atoms with Crippen LogP contribution in [-0.4, -0.2) is 17.4 Å². The minimum absolute atomic E-state index is 0.0403. The van der Waals surface area contributed by atoms with Crippen LogP contribution in [0.15, 0.2) is 28.7 Å². The summed E-state index contributed by atoms with van der Waals surface area (Å²) < 4.78 is 23.8. The van der Waals surface area contributed by atoms with Crippen molar-refractivity contribution in [3.63, 3.8) is 0 Å². The molecule has 0 amide bonds. The van der Waals surface area contributed by atoms with E-state index in [9.17, 15) is 14.0 Å². The van der Waals surface area contributed by atoms with Gasteiger partial charge in [-0.05, 0) is 31.2 Å². The van der Waals surface area contributed by atoms with E-state index >= 15 is 0 Å². The number of carbonyl (C=O) groups is 2. The second kappa shape index (κ2) is 5.56. The van der Waals surface area contributed by atoms with Gasteiger partial charge in [0.05, 0.1) is 0 Å². The largest absolute Gasteiger partial charge is 0.483 e. The van der Waals surface area contributed by atoms with Crippen molar-refractivity contribution in [1.29, 1.82) is 0 Å². The number of benzene rings is 1. The first-order valence-corrected chi connectivity index (χ1v) is 5.71. The number of ether oxygens (including phenoxy) is 1. The van der Waals surface area contributed by atoms with E-state index in [0.717, 1.165) is 6.07 Å². The minimum atomic E-state index is -1.17. The van der Waals surface area contributed by atoms with E-state index in [1.165, 1.54) is 18.2 Å². The molecule has 0 unspecified atom stereocenters. The Morgan fingerprint density at radius 2 is 2.20 bits per heavy atom. The van der Waals surface area contributed by atoms with E-state index < -0.39 is 11.8 Å². The van der Waals surface area contributed by atoms with Crippen LogP contribution in [0.1, 0.15) is 32.2 Å². The van der Waals surface area contributed by atoms with Gasteiger partial charge in [-0.25, -0.2) is 9.18 Å². The molecule has 20 heavy (non-hydrogen) atoms. The molecule has 1 aromatic heterocycles. The van der Waals surface area contributed by atoms with Crippen molar-refractivity contribution in [1.82, 2.24) is 0 Å². The van der Waals surface area contributed by atoms with Gasteiger partial charge in [0.1, 0.15) is 18.7 Å². The predicted octanol–water partition coefficient (Wildman–Crippen LogP) is 2.82. The predicted molar refractivity (Wildman–Crippen MR) is 66.5 cm³/mol. The van der Waals surface area contributed by atoms with Crippen LogP contribution in [-0.2, 0) is 6.61 Å². The number of aldehydes is 1. The van der Waals surface area contributed by atoms with Crippen molar-refractivity contribution in [3.05, 3.63) is 52.7 Å². The number of halogens is 1. The van der Waals surface area contributed by atoms with E-state index in [2.05, 4.69) is 0 Å². The van der Waals surface area contributed by atoms with Crippen LogP contribution in [0.4, 0.5) is 4.39 Å². The third kappa shape index (κ3) is 2.85. The van der Waals surface area contributed by atoms with E-state index in [1.807, 2.05) is 0 Å². The molecule has 0 spiro atoms. The number of carboxylic acids is 1. The summed E-state index contributed by atoms with van der Waals surface area (Å²) in [7, 11) is 0. The van der Waals surface area contributed by atoms with Crippen LogP contribution in [0.5, 0.6) is 5.75 Å². The fourth-order valence-electron chi connectivity index (χ4n) is 1.69. The molecule has 1 N–H and O–H groups in total. The molecule has 0 aliphatic heterocycles. The Morgan fingerprint density at radius 1 is 1.45 bits per heavy atom. The molecule has 0 fully saturated rings. The highest BCUT2D eigenvalue weighted by Crippen LogP contribution is 2.21. The van der Waals surface area contributed by atoms with Gasteiger partial charge in [-0.1, -0.05) is 0 Å². The molecular formula is C14H11FO5. The maximum absolute atomic E-state index is 13.5. The topological polar surface area (TPSA) is 76.7 Å². The summed E-state index contributed by atoms with van der Waals surface area (Å²) in [4.78, 5) is 21.3. The van der Waals surface area contributed by atoms with Crippen LogP contribution in [0.2, 0.25) is 0 Å². The lowest BCUT2D eigenvalue weighted by Crippen LogP contribution is -1.97. The second-order valence-electron chi connectivity index (χ2n) is 4.13. The first-order valence-electron chi connectivity index (χ1n) is 5.71. The van der Waals surface area contributed by atoms with Crippen LogP contribution in [0.3, 0.4) is 0 Å². The van der Waals surface area contributed by atoms with Crippen molar-refractivity contribution in [2.75, 3.05) is 0 Å². The van der Waals surface area contributed by atoms with E-state index in [4.69, 9.17) is 14.3 Å². The lowest BCUT2D eigenvalue weighted by Gasteiger charge is -2.05. The Morgan fingerprint density at radius 3 is 2.75 bits per heavy atom. The van der Waals surface area contributed by atoms with Gasteiger partial charge in [0.15, 0.2) is 11.6 Å². The van der Waals surface area contributed by atoms with Crippen LogP contribution < -0.4 is 4.74 Å². The van der Waals surface area contributed by atoms with Crippen molar-refractivity contribution in [2.45, 2.75) is 13.5 Å². The number of carbonyl (C=O) groups excluding carboxylic acids is 1. The Balaban J connectivity index is 2.11. The molecule has 0 bridgehead atoms. The zero-order chi connectivity index (χ0) is 14.7. The molecular weight excluding hydrogens is 267 g/mol. The van der Waals surface area contributed by atoms with Gasteiger partial charge in [-0.15, -0.1) is 0 Å². The molecule has 104 valence electrons. The fraction of sp³-hybridized carbons (Fsp3) is 0.143. The first kappa shape index (κ1) is 13.8. The summed E-state index contributed by atoms with van der Waals surface area (Å²) >= 11 is 0. The summed E-state index contributed by atoms with van der Waals surface area (Å²) in [6.45, 7) is 1.49. The molecule has 1 heterocycles. The number of aromatic carboxylic acids is 1. The highest BCUT2D eigenvalue weighted by molar-refractivity contribution is 5.86. The number of carboxylic acid groups (broad SMARTS) is 1. The Kier molecular flexibility index (Phi) is 3.84. The highest BCUT2D eigenvalue weighted by atomic mass is 19.1. The summed E-state index contributed by atoms with van der Waals surface area (Å²) in [6.07, 6.45) is 0.530. The number of rotatable bonds is 5. The molecule has 0 radical (unpaired) electrons. The molecule has 0 aliphatic rings.